The highest BCUT2D eigenvalue weighted by molar-refractivity contribution is 7.88. The van der Waals surface area contributed by atoms with Gasteiger partial charge in [0, 0.05) is 18.1 Å². The van der Waals surface area contributed by atoms with Crippen LogP contribution in [-0.4, -0.2) is 49.9 Å². The van der Waals surface area contributed by atoms with Gasteiger partial charge in [-0.3, -0.25) is 4.79 Å². The minimum absolute atomic E-state index is 0.126. The van der Waals surface area contributed by atoms with Crippen molar-refractivity contribution in [3.8, 4) is 0 Å². The summed E-state index contributed by atoms with van der Waals surface area (Å²) >= 11 is 0. The number of aliphatic carboxylic acids is 1. The third kappa shape index (κ3) is 6.76. The Bertz CT molecular complexity index is 503. The number of urea groups is 1. The summed E-state index contributed by atoms with van der Waals surface area (Å²) in [5.74, 6) is -1.24. The fourth-order valence-electron chi connectivity index (χ4n) is 2.41. The zero-order valence-corrected chi connectivity index (χ0v) is 13.3. The molecule has 21 heavy (non-hydrogen) atoms. The Morgan fingerprint density at radius 3 is 2.38 bits per heavy atom. The Kier molecular flexibility index (Phi) is 5.57. The van der Waals surface area contributed by atoms with Gasteiger partial charge in [-0.25, -0.2) is 17.9 Å². The molecule has 2 atom stereocenters. The molecule has 2 amide bonds. The quantitative estimate of drug-likeness (QED) is 0.542. The average molecular weight is 321 g/mol. The molecule has 0 heterocycles. The first kappa shape index (κ1) is 17.7. The minimum Gasteiger partial charge on any atom is -0.481 e. The molecule has 1 aliphatic rings. The molecular formula is C12H23N3O5S. The largest absolute Gasteiger partial charge is 0.481 e. The van der Waals surface area contributed by atoms with Crippen LogP contribution in [0, 0.1) is 5.92 Å². The van der Waals surface area contributed by atoms with Crippen LogP contribution in [0.5, 0.6) is 0 Å². The van der Waals surface area contributed by atoms with Gasteiger partial charge in [-0.2, -0.15) is 0 Å². The summed E-state index contributed by atoms with van der Waals surface area (Å²) in [7, 11) is -3.36. The lowest BCUT2D eigenvalue weighted by atomic mass is 10.1. The number of carbonyl (C=O) groups is 2. The number of nitrogens with one attached hydrogen (secondary N) is 3. The number of hydrogen-bond acceptors (Lipinski definition) is 4. The van der Waals surface area contributed by atoms with E-state index in [1.54, 1.807) is 13.8 Å². The molecule has 9 heteroatoms. The maximum atomic E-state index is 11.7. The zero-order valence-electron chi connectivity index (χ0n) is 12.5. The molecule has 8 nitrogen and oxygen atoms in total. The van der Waals surface area contributed by atoms with Crippen molar-refractivity contribution in [3.05, 3.63) is 0 Å². The molecule has 0 bridgehead atoms. The predicted octanol–water partition coefficient (Wildman–Crippen LogP) is -0.133. The van der Waals surface area contributed by atoms with E-state index in [4.69, 9.17) is 5.11 Å². The van der Waals surface area contributed by atoms with Crippen molar-refractivity contribution < 1.29 is 23.1 Å². The predicted molar refractivity (Wildman–Crippen MR) is 77.4 cm³/mol. The summed E-state index contributed by atoms with van der Waals surface area (Å²) in [6.07, 6.45) is 2.67. The van der Waals surface area contributed by atoms with Gasteiger partial charge in [0.05, 0.1) is 12.2 Å². The molecule has 4 N–H and O–H groups in total. The second-order valence-electron chi connectivity index (χ2n) is 6.13. The van der Waals surface area contributed by atoms with E-state index >= 15 is 0 Å². The summed E-state index contributed by atoms with van der Waals surface area (Å²) in [5, 5.41) is 14.2. The number of carboxylic acid groups (broad SMARTS) is 1. The Morgan fingerprint density at radius 2 is 1.90 bits per heavy atom. The van der Waals surface area contributed by atoms with Crippen LogP contribution >= 0.6 is 0 Å². The van der Waals surface area contributed by atoms with E-state index in [1.807, 2.05) is 0 Å². The number of rotatable bonds is 6. The van der Waals surface area contributed by atoms with Crippen molar-refractivity contribution in [2.75, 3.05) is 12.8 Å². The van der Waals surface area contributed by atoms with Crippen LogP contribution in [0.4, 0.5) is 4.79 Å². The summed E-state index contributed by atoms with van der Waals surface area (Å²) in [6, 6.07) is -0.577. The van der Waals surface area contributed by atoms with Crippen molar-refractivity contribution in [2.45, 2.75) is 44.7 Å². The lowest BCUT2D eigenvalue weighted by Gasteiger charge is -2.25. The lowest BCUT2D eigenvalue weighted by Crippen LogP contribution is -2.53. The van der Waals surface area contributed by atoms with Crippen molar-refractivity contribution in [3.63, 3.8) is 0 Å². The number of sulfonamides is 1. The molecule has 0 spiro atoms. The molecule has 0 aliphatic heterocycles. The highest BCUT2D eigenvalue weighted by atomic mass is 32.2. The van der Waals surface area contributed by atoms with Gasteiger partial charge in [0.25, 0.3) is 0 Å². The molecule has 0 unspecified atom stereocenters. The van der Waals surface area contributed by atoms with Crippen molar-refractivity contribution in [2.24, 2.45) is 5.92 Å². The molecule has 0 aromatic carbocycles. The third-order valence-electron chi connectivity index (χ3n) is 3.27. The summed E-state index contributed by atoms with van der Waals surface area (Å²) in [4.78, 5) is 22.6. The third-order valence-corrected chi connectivity index (χ3v) is 4.19. The van der Waals surface area contributed by atoms with Gasteiger partial charge in [0.2, 0.25) is 10.0 Å². The second kappa shape index (κ2) is 6.61. The Balaban J connectivity index is 2.36. The monoisotopic (exact) mass is 321 g/mol. The van der Waals surface area contributed by atoms with Crippen LogP contribution in [0.3, 0.4) is 0 Å². The van der Waals surface area contributed by atoms with Gasteiger partial charge < -0.3 is 15.7 Å². The molecule has 122 valence electrons. The molecule has 1 rings (SSSR count). The van der Waals surface area contributed by atoms with E-state index in [1.165, 1.54) is 0 Å². The first-order chi connectivity index (χ1) is 9.48. The topological polar surface area (TPSA) is 125 Å². The van der Waals surface area contributed by atoms with Crippen LogP contribution in [-0.2, 0) is 14.8 Å². The van der Waals surface area contributed by atoms with Gasteiger partial charge in [-0.1, -0.05) is 0 Å². The van der Waals surface area contributed by atoms with E-state index in [-0.39, 0.29) is 12.6 Å². The molecular weight excluding hydrogens is 298 g/mol. The Hall–Kier alpha value is -1.35. The van der Waals surface area contributed by atoms with Crippen LogP contribution in [0.25, 0.3) is 0 Å². The fraction of sp³-hybridized carbons (Fsp3) is 0.833. The molecule has 0 radical (unpaired) electrons. The average Bonchev–Trinajstić information content (AvgIpc) is 2.72. The summed E-state index contributed by atoms with van der Waals surface area (Å²) in [6.45, 7) is 3.44. The van der Waals surface area contributed by atoms with Crippen molar-refractivity contribution in [1.29, 1.82) is 0 Å². The maximum Gasteiger partial charge on any atom is 0.315 e. The molecule has 1 saturated carbocycles. The lowest BCUT2D eigenvalue weighted by molar-refractivity contribution is -0.141. The van der Waals surface area contributed by atoms with E-state index in [0.29, 0.717) is 19.3 Å². The molecule has 0 aromatic heterocycles. The second-order valence-corrected chi connectivity index (χ2v) is 7.88. The molecule has 1 fully saturated rings. The van der Waals surface area contributed by atoms with Gasteiger partial charge in [-0.15, -0.1) is 0 Å². The highest BCUT2D eigenvalue weighted by Crippen LogP contribution is 2.25. The molecule has 0 saturated heterocycles. The number of amides is 2. The number of hydrogen-bond donors (Lipinski definition) is 4. The van der Waals surface area contributed by atoms with E-state index < -0.39 is 33.5 Å². The highest BCUT2D eigenvalue weighted by Gasteiger charge is 2.31. The Morgan fingerprint density at radius 1 is 1.29 bits per heavy atom. The minimum atomic E-state index is -3.36. The zero-order chi connectivity index (χ0) is 16.3. The fourth-order valence-corrected chi connectivity index (χ4v) is 3.49. The molecule has 0 aromatic rings. The standard InChI is InChI=1S/C12H23N3O5S/c1-12(2,15-21(3,19)20)7-13-11(18)14-9-5-4-8(6-9)10(16)17/h8-9,15H,4-7H2,1-3H3,(H,16,17)(H2,13,14,18)/t8-,9+/m1/s1. The first-order valence-corrected chi connectivity index (χ1v) is 8.64. The van der Waals surface area contributed by atoms with E-state index in [2.05, 4.69) is 15.4 Å². The van der Waals surface area contributed by atoms with Crippen molar-refractivity contribution in [1.82, 2.24) is 15.4 Å². The Labute approximate surface area is 124 Å². The normalized spacial score (nSPS) is 22.8. The summed E-state index contributed by atoms with van der Waals surface area (Å²) in [5.41, 5.74) is -0.801. The van der Waals surface area contributed by atoms with Gasteiger partial charge >= 0.3 is 12.0 Å². The van der Waals surface area contributed by atoms with Gasteiger partial charge in [-0.05, 0) is 33.1 Å². The smallest absolute Gasteiger partial charge is 0.315 e. The van der Waals surface area contributed by atoms with Crippen LogP contribution < -0.4 is 15.4 Å². The maximum absolute atomic E-state index is 11.7. The van der Waals surface area contributed by atoms with Crippen LogP contribution in [0.1, 0.15) is 33.1 Å². The SMILES string of the molecule is CC(C)(CNC(=O)N[C@H]1CC[C@@H](C(=O)O)C1)NS(C)(=O)=O. The van der Waals surface area contributed by atoms with Gasteiger partial charge in [0.15, 0.2) is 0 Å². The number of carbonyl (C=O) groups excluding carboxylic acids is 1. The van der Waals surface area contributed by atoms with Crippen LogP contribution in [0.15, 0.2) is 0 Å². The van der Waals surface area contributed by atoms with E-state index in [0.717, 1.165) is 6.26 Å². The number of carboxylic acids is 1. The van der Waals surface area contributed by atoms with Gasteiger partial charge in [0.1, 0.15) is 0 Å². The van der Waals surface area contributed by atoms with Crippen molar-refractivity contribution >= 4 is 22.0 Å². The van der Waals surface area contributed by atoms with Crippen LogP contribution in [0.2, 0.25) is 0 Å². The van der Waals surface area contributed by atoms with E-state index in [9.17, 15) is 18.0 Å². The molecule has 1 aliphatic carbocycles. The first-order valence-electron chi connectivity index (χ1n) is 6.75. The summed E-state index contributed by atoms with van der Waals surface area (Å²) < 4.78 is 24.8.